The highest BCUT2D eigenvalue weighted by atomic mass is 15.3. The second kappa shape index (κ2) is 5.14. The SMILES string of the molecule is Cc1cccc(-n2nc(-c3ccccc3)c(C#N)c2N)c1. The number of anilines is 1. The molecule has 0 unspecified atom stereocenters. The summed E-state index contributed by atoms with van der Waals surface area (Å²) in [6, 6.07) is 19.6. The van der Waals surface area contributed by atoms with Gasteiger partial charge in [0, 0.05) is 5.56 Å². The zero-order valence-corrected chi connectivity index (χ0v) is 11.6. The fourth-order valence-corrected chi connectivity index (χ4v) is 2.30. The fourth-order valence-electron chi connectivity index (χ4n) is 2.30. The summed E-state index contributed by atoms with van der Waals surface area (Å²) in [5, 5.41) is 13.9. The predicted molar refractivity (Wildman–Crippen MR) is 82.9 cm³/mol. The van der Waals surface area contributed by atoms with Crippen molar-refractivity contribution in [3.05, 3.63) is 65.7 Å². The maximum absolute atomic E-state index is 9.39. The van der Waals surface area contributed by atoms with Gasteiger partial charge >= 0.3 is 0 Å². The summed E-state index contributed by atoms with van der Waals surface area (Å²) in [4.78, 5) is 0. The average Bonchev–Trinajstić information content (AvgIpc) is 2.85. The third-order valence-corrected chi connectivity index (χ3v) is 3.33. The summed E-state index contributed by atoms with van der Waals surface area (Å²) >= 11 is 0. The molecule has 1 heterocycles. The van der Waals surface area contributed by atoms with Crippen molar-refractivity contribution >= 4 is 5.82 Å². The molecule has 0 radical (unpaired) electrons. The Morgan fingerprint density at radius 1 is 1.10 bits per heavy atom. The van der Waals surface area contributed by atoms with E-state index in [-0.39, 0.29) is 0 Å². The van der Waals surface area contributed by atoms with E-state index in [1.165, 1.54) is 0 Å². The third kappa shape index (κ3) is 2.26. The van der Waals surface area contributed by atoms with Crippen LogP contribution in [0.3, 0.4) is 0 Å². The van der Waals surface area contributed by atoms with Crippen LogP contribution >= 0.6 is 0 Å². The minimum absolute atomic E-state index is 0.363. The van der Waals surface area contributed by atoms with E-state index in [4.69, 9.17) is 5.73 Å². The van der Waals surface area contributed by atoms with Gasteiger partial charge in [-0.25, -0.2) is 4.68 Å². The Kier molecular flexibility index (Phi) is 3.17. The monoisotopic (exact) mass is 274 g/mol. The molecule has 0 bridgehead atoms. The molecule has 2 aromatic carbocycles. The number of benzene rings is 2. The van der Waals surface area contributed by atoms with Gasteiger partial charge in [0.2, 0.25) is 0 Å². The van der Waals surface area contributed by atoms with Gasteiger partial charge in [-0.3, -0.25) is 0 Å². The van der Waals surface area contributed by atoms with Crippen LogP contribution in [-0.4, -0.2) is 9.78 Å². The zero-order valence-electron chi connectivity index (χ0n) is 11.6. The van der Waals surface area contributed by atoms with Gasteiger partial charge in [-0.15, -0.1) is 0 Å². The number of hydrogen-bond donors (Lipinski definition) is 1. The number of nitriles is 1. The Hall–Kier alpha value is -3.06. The maximum Gasteiger partial charge on any atom is 0.145 e. The molecule has 2 N–H and O–H groups in total. The van der Waals surface area contributed by atoms with Gasteiger partial charge in [0.25, 0.3) is 0 Å². The minimum Gasteiger partial charge on any atom is -0.382 e. The van der Waals surface area contributed by atoms with E-state index in [1.807, 2.05) is 61.5 Å². The molecule has 102 valence electrons. The molecule has 0 fully saturated rings. The topological polar surface area (TPSA) is 67.6 Å². The lowest BCUT2D eigenvalue weighted by Gasteiger charge is -2.04. The average molecular weight is 274 g/mol. The molecular weight excluding hydrogens is 260 g/mol. The second-order valence-electron chi connectivity index (χ2n) is 4.84. The van der Waals surface area contributed by atoms with Crippen LogP contribution in [0.4, 0.5) is 5.82 Å². The first-order valence-corrected chi connectivity index (χ1v) is 6.62. The Morgan fingerprint density at radius 3 is 2.52 bits per heavy atom. The van der Waals surface area contributed by atoms with Crippen molar-refractivity contribution in [3.8, 4) is 23.0 Å². The third-order valence-electron chi connectivity index (χ3n) is 3.33. The van der Waals surface area contributed by atoms with E-state index in [2.05, 4.69) is 11.2 Å². The van der Waals surface area contributed by atoms with Crippen molar-refractivity contribution in [1.29, 1.82) is 5.26 Å². The highest BCUT2D eigenvalue weighted by Crippen LogP contribution is 2.28. The standard InChI is InChI=1S/C17H14N4/c1-12-6-5-9-14(10-12)21-17(19)15(11-18)16(20-21)13-7-3-2-4-8-13/h2-10H,19H2,1H3. The highest BCUT2D eigenvalue weighted by Gasteiger charge is 2.17. The molecule has 4 heteroatoms. The van der Waals surface area contributed by atoms with Crippen LogP contribution in [0, 0.1) is 18.3 Å². The molecule has 0 saturated heterocycles. The Bertz CT molecular complexity index is 826. The molecule has 3 aromatic rings. The van der Waals surface area contributed by atoms with Crippen molar-refractivity contribution in [2.75, 3.05) is 5.73 Å². The van der Waals surface area contributed by atoms with Gasteiger partial charge in [0.1, 0.15) is 23.1 Å². The minimum atomic E-state index is 0.363. The Morgan fingerprint density at radius 2 is 1.86 bits per heavy atom. The Balaban J connectivity index is 2.21. The van der Waals surface area contributed by atoms with E-state index >= 15 is 0 Å². The summed E-state index contributed by atoms with van der Waals surface area (Å²) in [6.45, 7) is 2.01. The van der Waals surface area contributed by atoms with E-state index in [1.54, 1.807) is 4.68 Å². The summed E-state index contributed by atoms with van der Waals surface area (Å²) in [5.41, 5.74) is 9.97. The van der Waals surface area contributed by atoms with E-state index < -0.39 is 0 Å². The quantitative estimate of drug-likeness (QED) is 0.779. The fraction of sp³-hybridized carbons (Fsp3) is 0.0588. The number of hydrogen-bond acceptors (Lipinski definition) is 3. The number of nitrogen functional groups attached to an aromatic ring is 1. The molecule has 0 aliphatic heterocycles. The lowest BCUT2D eigenvalue weighted by molar-refractivity contribution is 0.893. The summed E-state index contributed by atoms with van der Waals surface area (Å²) in [7, 11) is 0. The van der Waals surface area contributed by atoms with Crippen molar-refractivity contribution in [1.82, 2.24) is 9.78 Å². The van der Waals surface area contributed by atoms with Crippen LogP contribution in [0.5, 0.6) is 0 Å². The maximum atomic E-state index is 9.39. The molecule has 0 saturated carbocycles. The molecule has 0 aliphatic carbocycles. The van der Waals surface area contributed by atoms with Crippen LogP contribution in [-0.2, 0) is 0 Å². The van der Waals surface area contributed by atoms with Crippen molar-refractivity contribution < 1.29 is 0 Å². The zero-order chi connectivity index (χ0) is 14.8. The Labute approximate surface area is 123 Å². The molecule has 1 aromatic heterocycles. The van der Waals surface area contributed by atoms with Gasteiger partial charge in [-0.05, 0) is 24.6 Å². The van der Waals surface area contributed by atoms with E-state index in [0.29, 0.717) is 17.1 Å². The second-order valence-corrected chi connectivity index (χ2v) is 4.84. The normalized spacial score (nSPS) is 10.3. The summed E-state index contributed by atoms with van der Waals surface area (Å²) in [5.74, 6) is 0.363. The lowest BCUT2D eigenvalue weighted by atomic mass is 10.1. The largest absolute Gasteiger partial charge is 0.382 e. The van der Waals surface area contributed by atoms with Crippen molar-refractivity contribution in [2.24, 2.45) is 0 Å². The summed E-state index contributed by atoms with van der Waals surface area (Å²) in [6.07, 6.45) is 0. The molecule has 0 amide bonds. The number of aryl methyl sites for hydroxylation is 1. The van der Waals surface area contributed by atoms with Gasteiger partial charge in [0.05, 0.1) is 5.69 Å². The number of nitrogens with two attached hydrogens (primary N) is 1. The van der Waals surface area contributed by atoms with E-state index in [9.17, 15) is 5.26 Å². The highest BCUT2D eigenvalue weighted by molar-refractivity contribution is 5.73. The molecule has 0 aliphatic rings. The van der Waals surface area contributed by atoms with Crippen molar-refractivity contribution in [2.45, 2.75) is 6.92 Å². The van der Waals surface area contributed by atoms with Crippen LogP contribution in [0.15, 0.2) is 54.6 Å². The summed E-state index contributed by atoms with van der Waals surface area (Å²) < 4.78 is 1.62. The van der Waals surface area contributed by atoms with Crippen LogP contribution in [0.25, 0.3) is 16.9 Å². The van der Waals surface area contributed by atoms with Crippen LogP contribution in [0.2, 0.25) is 0 Å². The van der Waals surface area contributed by atoms with Crippen molar-refractivity contribution in [3.63, 3.8) is 0 Å². The number of rotatable bonds is 2. The van der Waals surface area contributed by atoms with Gasteiger partial charge in [-0.2, -0.15) is 10.4 Å². The first kappa shape index (κ1) is 12.9. The van der Waals surface area contributed by atoms with Crippen LogP contribution in [0.1, 0.15) is 11.1 Å². The van der Waals surface area contributed by atoms with Gasteiger partial charge in [0.15, 0.2) is 0 Å². The van der Waals surface area contributed by atoms with Gasteiger partial charge in [-0.1, -0.05) is 42.5 Å². The molecular formula is C17H14N4. The molecule has 0 spiro atoms. The van der Waals surface area contributed by atoms with E-state index in [0.717, 1.165) is 16.8 Å². The first-order chi connectivity index (χ1) is 10.2. The number of nitrogens with zero attached hydrogens (tertiary/aromatic N) is 3. The lowest BCUT2D eigenvalue weighted by Crippen LogP contribution is -2.02. The first-order valence-electron chi connectivity index (χ1n) is 6.62. The molecule has 21 heavy (non-hydrogen) atoms. The van der Waals surface area contributed by atoms with Gasteiger partial charge < -0.3 is 5.73 Å². The predicted octanol–water partition coefficient (Wildman–Crippen LogP) is 3.30. The molecule has 4 nitrogen and oxygen atoms in total. The number of aromatic nitrogens is 2. The molecule has 0 atom stereocenters. The van der Waals surface area contributed by atoms with Crippen LogP contribution < -0.4 is 5.73 Å². The smallest absolute Gasteiger partial charge is 0.145 e. The molecule has 3 rings (SSSR count).